The highest BCUT2D eigenvalue weighted by atomic mass is 35.5. The molecule has 6 nitrogen and oxygen atoms in total. The maximum Gasteiger partial charge on any atom is 0.0655 e. The van der Waals surface area contributed by atoms with Crippen molar-refractivity contribution in [2.24, 2.45) is 0 Å². The molecule has 0 unspecified atom stereocenters. The fourth-order valence-electron chi connectivity index (χ4n) is 2.09. The summed E-state index contributed by atoms with van der Waals surface area (Å²) in [6.45, 7) is 0.0676. The van der Waals surface area contributed by atoms with Gasteiger partial charge in [-0.1, -0.05) is 11.6 Å². The lowest BCUT2D eigenvalue weighted by Gasteiger charge is -2.13. The Balaban J connectivity index is 0.000000253. The molecule has 0 aliphatic carbocycles. The van der Waals surface area contributed by atoms with E-state index in [9.17, 15) is 0 Å². The lowest BCUT2D eigenvalue weighted by atomic mass is 9.98. The highest BCUT2D eigenvalue weighted by Gasteiger charge is 2.08. The zero-order valence-electron chi connectivity index (χ0n) is 12.8. The van der Waals surface area contributed by atoms with Gasteiger partial charge in [-0.05, 0) is 54.3 Å². The van der Waals surface area contributed by atoms with Crippen LogP contribution in [-0.4, -0.2) is 23.4 Å². The molecule has 0 saturated carbocycles. The maximum absolute atomic E-state index is 8.87. The number of rotatable bonds is 4. The first kappa shape index (κ1) is 18.9. The molecule has 0 bridgehead atoms. The van der Waals surface area contributed by atoms with Crippen molar-refractivity contribution in [1.82, 2.24) is 0 Å². The van der Waals surface area contributed by atoms with Crippen molar-refractivity contribution in [3.05, 3.63) is 46.5 Å². The molecule has 126 valence electrons. The van der Waals surface area contributed by atoms with Gasteiger partial charge in [0.2, 0.25) is 0 Å². The average molecular weight is 339 g/mol. The maximum atomic E-state index is 8.87. The van der Waals surface area contributed by atoms with Gasteiger partial charge in [0, 0.05) is 30.3 Å². The van der Waals surface area contributed by atoms with Crippen LogP contribution in [0.1, 0.15) is 11.1 Å². The molecule has 2 aromatic rings. The number of hydrogen-bond donors (Lipinski definition) is 6. The summed E-state index contributed by atoms with van der Waals surface area (Å²) in [7, 11) is 0. The second-order valence-electron chi connectivity index (χ2n) is 4.93. The Labute approximate surface area is 140 Å². The lowest BCUT2D eigenvalue weighted by molar-refractivity contribution is 0.293. The minimum absolute atomic E-state index is 0.0338. The normalized spacial score (nSPS) is 10.0. The Morgan fingerprint density at radius 1 is 0.739 bits per heavy atom. The van der Waals surface area contributed by atoms with E-state index in [2.05, 4.69) is 0 Å². The molecular weight excluding hydrogens is 316 g/mol. The lowest BCUT2D eigenvalue weighted by Crippen LogP contribution is -2.07. The van der Waals surface area contributed by atoms with Gasteiger partial charge in [0.15, 0.2) is 0 Å². The summed E-state index contributed by atoms with van der Waals surface area (Å²) >= 11 is 5.61. The van der Waals surface area contributed by atoms with E-state index in [4.69, 9.17) is 44.7 Å². The molecule has 0 aliphatic rings. The van der Waals surface area contributed by atoms with Gasteiger partial charge in [-0.25, -0.2) is 0 Å². The fraction of sp³-hybridized carbons (Fsp3) is 0.250. The van der Waals surface area contributed by atoms with Crippen LogP contribution in [0.2, 0.25) is 5.02 Å². The molecule has 10 N–H and O–H groups in total. The molecule has 0 atom stereocenters. The molecule has 0 amide bonds. The average Bonchev–Trinajstić information content (AvgIpc) is 2.51. The minimum Gasteiger partial charge on any atom is -0.399 e. The summed E-state index contributed by atoms with van der Waals surface area (Å²) in [5.74, 6) is 0. The molecule has 0 heterocycles. The summed E-state index contributed by atoms with van der Waals surface area (Å²) in [4.78, 5) is 0. The van der Waals surface area contributed by atoms with E-state index in [0.29, 0.717) is 40.6 Å². The van der Waals surface area contributed by atoms with Crippen LogP contribution >= 0.6 is 11.6 Å². The van der Waals surface area contributed by atoms with Gasteiger partial charge in [0.05, 0.1) is 10.7 Å². The van der Waals surface area contributed by atoms with Crippen LogP contribution in [0.5, 0.6) is 0 Å². The summed E-state index contributed by atoms with van der Waals surface area (Å²) < 4.78 is 0. The third-order valence-electron chi connectivity index (χ3n) is 3.25. The van der Waals surface area contributed by atoms with Crippen molar-refractivity contribution in [2.45, 2.75) is 12.8 Å². The molecule has 0 saturated heterocycles. The number of anilines is 4. The third-order valence-corrected chi connectivity index (χ3v) is 3.58. The standard InChI is InChI=1S/C10H16N2O2.C6H7ClN2/c11-9-1-2-10(12)8(4-6-14)7(9)3-5-13;7-5-3-4(8)1-2-6(5)9/h1-2,13-14H,3-6,11-12H2;1-3H,8-9H2. The smallest absolute Gasteiger partial charge is 0.0655 e. The zero-order chi connectivity index (χ0) is 17.4. The first-order valence-corrected chi connectivity index (χ1v) is 7.46. The predicted molar refractivity (Wildman–Crippen MR) is 97.1 cm³/mol. The van der Waals surface area contributed by atoms with Gasteiger partial charge in [-0.15, -0.1) is 0 Å². The van der Waals surface area contributed by atoms with Crippen LogP contribution in [0, 0.1) is 0 Å². The van der Waals surface area contributed by atoms with Crippen LogP contribution in [-0.2, 0) is 12.8 Å². The quantitative estimate of drug-likeness (QED) is 0.465. The van der Waals surface area contributed by atoms with Gasteiger partial charge in [0.25, 0.3) is 0 Å². The second-order valence-corrected chi connectivity index (χ2v) is 5.34. The number of nitrogen functional groups attached to an aromatic ring is 4. The number of aliphatic hydroxyl groups is 2. The first-order chi connectivity index (χ1) is 10.9. The van der Waals surface area contributed by atoms with E-state index >= 15 is 0 Å². The summed E-state index contributed by atoms with van der Waals surface area (Å²) in [6, 6.07) is 8.46. The first-order valence-electron chi connectivity index (χ1n) is 7.08. The monoisotopic (exact) mass is 338 g/mol. The summed E-state index contributed by atoms with van der Waals surface area (Å²) in [6.07, 6.45) is 0.957. The van der Waals surface area contributed by atoms with E-state index < -0.39 is 0 Å². The van der Waals surface area contributed by atoms with Crippen LogP contribution < -0.4 is 22.9 Å². The van der Waals surface area contributed by atoms with Gasteiger partial charge in [-0.2, -0.15) is 0 Å². The molecular formula is C16H23ClN4O2. The Bertz CT molecular complexity index is 619. The number of hydrogen-bond acceptors (Lipinski definition) is 6. The minimum atomic E-state index is 0.0338. The predicted octanol–water partition coefficient (Wildman–Crippen LogP) is 1.43. The fourth-order valence-corrected chi connectivity index (χ4v) is 2.28. The van der Waals surface area contributed by atoms with E-state index in [1.54, 1.807) is 30.3 Å². The number of halogens is 1. The number of aliphatic hydroxyl groups excluding tert-OH is 2. The van der Waals surface area contributed by atoms with Crippen LogP contribution in [0.3, 0.4) is 0 Å². The van der Waals surface area contributed by atoms with Crippen LogP contribution in [0.15, 0.2) is 30.3 Å². The molecule has 2 aromatic carbocycles. The van der Waals surface area contributed by atoms with Crippen LogP contribution in [0.4, 0.5) is 22.7 Å². The van der Waals surface area contributed by atoms with E-state index in [-0.39, 0.29) is 13.2 Å². The van der Waals surface area contributed by atoms with E-state index in [1.165, 1.54) is 0 Å². The van der Waals surface area contributed by atoms with Crippen molar-refractivity contribution in [1.29, 1.82) is 0 Å². The van der Waals surface area contributed by atoms with Crippen molar-refractivity contribution >= 4 is 34.4 Å². The molecule has 0 fully saturated rings. The van der Waals surface area contributed by atoms with Crippen molar-refractivity contribution < 1.29 is 10.2 Å². The largest absolute Gasteiger partial charge is 0.399 e. The Kier molecular flexibility index (Phi) is 7.47. The summed E-state index contributed by atoms with van der Waals surface area (Å²) in [5.41, 5.74) is 26.4. The van der Waals surface area contributed by atoms with Crippen molar-refractivity contribution in [2.75, 3.05) is 36.1 Å². The number of benzene rings is 2. The third kappa shape index (κ3) is 5.52. The molecule has 0 radical (unpaired) electrons. The molecule has 0 spiro atoms. The Hall–Kier alpha value is -2.15. The second kappa shape index (κ2) is 9.09. The topological polar surface area (TPSA) is 145 Å². The van der Waals surface area contributed by atoms with Gasteiger partial charge in [0.1, 0.15) is 0 Å². The SMILES string of the molecule is Nc1ccc(N)c(CCO)c1CCO.Nc1ccc(N)c(Cl)c1. The van der Waals surface area contributed by atoms with Crippen molar-refractivity contribution in [3.63, 3.8) is 0 Å². The molecule has 2 rings (SSSR count). The molecule has 0 aliphatic heterocycles. The van der Waals surface area contributed by atoms with Gasteiger partial charge < -0.3 is 33.1 Å². The van der Waals surface area contributed by atoms with Crippen molar-refractivity contribution in [3.8, 4) is 0 Å². The summed E-state index contributed by atoms with van der Waals surface area (Å²) in [5, 5.41) is 18.2. The molecule has 23 heavy (non-hydrogen) atoms. The zero-order valence-corrected chi connectivity index (χ0v) is 13.6. The highest BCUT2D eigenvalue weighted by Crippen LogP contribution is 2.24. The Morgan fingerprint density at radius 3 is 1.52 bits per heavy atom. The molecule has 7 heteroatoms. The van der Waals surface area contributed by atoms with Crippen LogP contribution in [0.25, 0.3) is 0 Å². The Morgan fingerprint density at radius 2 is 1.17 bits per heavy atom. The highest BCUT2D eigenvalue weighted by molar-refractivity contribution is 6.33. The molecule has 0 aromatic heterocycles. The van der Waals surface area contributed by atoms with Gasteiger partial charge >= 0.3 is 0 Å². The van der Waals surface area contributed by atoms with E-state index in [1.807, 2.05) is 0 Å². The van der Waals surface area contributed by atoms with E-state index in [0.717, 1.165) is 11.1 Å². The van der Waals surface area contributed by atoms with Gasteiger partial charge in [-0.3, -0.25) is 0 Å². The number of nitrogens with two attached hydrogens (primary N) is 4.